The number of para-hydroxylation sites is 1. The van der Waals surface area contributed by atoms with Crippen molar-refractivity contribution in [2.75, 3.05) is 0 Å². The molecule has 3 rings (SSSR count). The van der Waals surface area contributed by atoms with Crippen LogP contribution in [-0.2, 0) is 4.74 Å². The van der Waals surface area contributed by atoms with Gasteiger partial charge in [0.2, 0.25) is 5.88 Å². The van der Waals surface area contributed by atoms with E-state index < -0.39 is 21.7 Å². The van der Waals surface area contributed by atoms with Crippen molar-refractivity contribution in [1.82, 2.24) is 20.2 Å². The number of allylic oxidation sites excluding steroid dienone is 3. The first-order valence-electron chi connectivity index (χ1n) is 7.31. The standard InChI is InChI=1S/C14H10N8O5/c1-7-12(20-18-14(17-19-20)22(25)26)11(9(6-15)13(16)27-7)8-4-2-3-5-10(8)21(23)24/h2-5,11H,16H2,1H3. The fourth-order valence-corrected chi connectivity index (χ4v) is 2.71. The first-order valence-corrected chi connectivity index (χ1v) is 7.31. The lowest BCUT2D eigenvalue weighted by Crippen LogP contribution is -2.24. The van der Waals surface area contributed by atoms with E-state index in [4.69, 9.17) is 10.5 Å². The second-order valence-corrected chi connectivity index (χ2v) is 5.32. The molecule has 13 heteroatoms. The molecule has 136 valence electrons. The Morgan fingerprint density at radius 2 is 2.00 bits per heavy atom. The minimum absolute atomic E-state index is 0.0515. The van der Waals surface area contributed by atoms with Crippen LogP contribution in [0.15, 0.2) is 41.5 Å². The van der Waals surface area contributed by atoms with Gasteiger partial charge < -0.3 is 20.6 Å². The van der Waals surface area contributed by atoms with Crippen molar-refractivity contribution in [3.63, 3.8) is 0 Å². The second kappa shape index (κ2) is 6.52. The summed E-state index contributed by atoms with van der Waals surface area (Å²) in [5.74, 6) is -1.99. The average Bonchev–Trinajstić information content (AvgIpc) is 3.11. The fourth-order valence-electron chi connectivity index (χ4n) is 2.71. The average molecular weight is 370 g/mol. The zero-order valence-electron chi connectivity index (χ0n) is 13.6. The molecule has 27 heavy (non-hydrogen) atoms. The number of tetrazole rings is 1. The summed E-state index contributed by atoms with van der Waals surface area (Å²) in [6, 6.07) is 7.59. The van der Waals surface area contributed by atoms with Gasteiger partial charge in [0.25, 0.3) is 5.69 Å². The predicted molar refractivity (Wildman–Crippen MR) is 87.1 cm³/mol. The Morgan fingerprint density at radius 3 is 2.59 bits per heavy atom. The Balaban J connectivity index is 2.27. The third-order valence-electron chi connectivity index (χ3n) is 3.80. The monoisotopic (exact) mass is 370 g/mol. The summed E-state index contributed by atoms with van der Waals surface area (Å²) >= 11 is 0. The second-order valence-electron chi connectivity index (χ2n) is 5.32. The van der Waals surface area contributed by atoms with Gasteiger partial charge in [0, 0.05) is 11.6 Å². The molecule has 13 nitrogen and oxygen atoms in total. The summed E-state index contributed by atoms with van der Waals surface area (Å²) < 4.78 is 5.32. The van der Waals surface area contributed by atoms with E-state index in [1.165, 1.54) is 25.1 Å². The van der Waals surface area contributed by atoms with E-state index in [-0.39, 0.29) is 34.2 Å². The van der Waals surface area contributed by atoms with Gasteiger partial charge in [-0.2, -0.15) is 5.26 Å². The number of aromatic nitrogens is 4. The van der Waals surface area contributed by atoms with Gasteiger partial charge in [0.1, 0.15) is 23.1 Å². The van der Waals surface area contributed by atoms with Crippen LogP contribution in [-0.4, -0.2) is 30.1 Å². The SMILES string of the molecule is CC1=C(n2nnc([N+](=O)[O-])n2)C(c2ccccc2[N+](=O)[O-])C(C#N)=C(N)O1. The molecule has 1 atom stereocenters. The third-order valence-corrected chi connectivity index (χ3v) is 3.80. The van der Waals surface area contributed by atoms with Crippen LogP contribution in [0.4, 0.5) is 11.6 Å². The molecule has 0 bridgehead atoms. The number of benzene rings is 1. The molecular weight excluding hydrogens is 360 g/mol. The van der Waals surface area contributed by atoms with Crippen LogP contribution in [0.2, 0.25) is 0 Å². The smallest absolute Gasteiger partial charge is 0.443 e. The lowest BCUT2D eigenvalue weighted by Gasteiger charge is -2.25. The van der Waals surface area contributed by atoms with E-state index in [1.54, 1.807) is 6.07 Å². The van der Waals surface area contributed by atoms with E-state index >= 15 is 0 Å². The zero-order valence-corrected chi connectivity index (χ0v) is 13.6. The van der Waals surface area contributed by atoms with E-state index in [0.29, 0.717) is 0 Å². The zero-order chi connectivity index (χ0) is 19.7. The first kappa shape index (κ1) is 17.5. The van der Waals surface area contributed by atoms with Crippen molar-refractivity contribution in [3.05, 3.63) is 67.3 Å². The normalized spacial score (nSPS) is 16.7. The number of rotatable bonds is 4. The number of nitrogens with zero attached hydrogens (tertiary/aromatic N) is 7. The van der Waals surface area contributed by atoms with Gasteiger partial charge in [-0.1, -0.05) is 23.0 Å². The number of hydrogen-bond donors (Lipinski definition) is 1. The highest BCUT2D eigenvalue weighted by Crippen LogP contribution is 2.43. The molecule has 0 spiro atoms. The van der Waals surface area contributed by atoms with Crippen LogP contribution >= 0.6 is 0 Å². The quantitative estimate of drug-likeness (QED) is 0.604. The van der Waals surface area contributed by atoms with Gasteiger partial charge in [0.15, 0.2) is 0 Å². The maximum absolute atomic E-state index is 11.4. The van der Waals surface area contributed by atoms with Crippen molar-refractivity contribution in [2.45, 2.75) is 12.8 Å². The summed E-state index contributed by atoms with van der Waals surface area (Å²) in [4.78, 5) is 21.6. The molecule has 1 aromatic carbocycles. The van der Waals surface area contributed by atoms with Gasteiger partial charge in [-0.3, -0.25) is 10.1 Å². The van der Waals surface area contributed by atoms with E-state index in [9.17, 15) is 25.5 Å². The number of hydrogen-bond acceptors (Lipinski definition) is 10. The summed E-state index contributed by atoms with van der Waals surface area (Å²) in [5.41, 5.74) is 5.57. The van der Waals surface area contributed by atoms with Gasteiger partial charge >= 0.3 is 5.95 Å². The largest absolute Gasteiger partial charge is 0.515 e. The third kappa shape index (κ3) is 2.91. The highest BCUT2D eigenvalue weighted by atomic mass is 16.6. The Kier molecular flexibility index (Phi) is 4.22. The van der Waals surface area contributed by atoms with Crippen LogP contribution in [0.25, 0.3) is 5.70 Å². The molecule has 1 aliphatic rings. The van der Waals surface area contributed by atoms with Crippen LogP contribution in [0.3, 0.4) is 0 Å². The molecular formula is C14H10N8O5. The molecule has 0 fully saturated rings. The van der Waals surface area contributed by atoms with Crippen LogP contribution in [0, 0.1) is 31.6 Å². The maximum atomic E-state index is 11.4. The summed E-state index contributed by atoms with van der Waals surface area (Å²) in [5, 5.41) is 42.4. The Bertz CT molecular complexity index is 1060. The van der Waals surface area contributed by atoms with Crippen molar-refractivity contribution in [2.24, 2.45) is 5.73 Å². The van der Waals surface area contributed by atoms with Gasteiger partial charge in [-0.05, 0) is 11.8 Å². The van der Waals surface area contributed by atoms with Gasteiger partial charge in [-0.25, -0.2) is 0 Å². The van der Waals surface area contributed by atoms with E-state index in [1.807, 2.05) is 6.07 Å². The number of nitriles is 1. The minimum atomic E-state index is -1.08. The molecule has 2 aromatic rings. The first-order chi connectivity index (χ1) is 12.8. The van der Waals surface area contributed by atoms with Crippen molar-refractivity contribution in [3.8, 4) is 6.07 Å². The molecule has 0 amide bonds. The maximum Gasteiger partial charge on any atom is 0.515 e. The summed E-state index contributed by atoms with van der Waals surface area (Å²) in [6.07, 6.45) is 0. The number of nitro groups is 2. The molecule has 0 saturated heterocycles. The van der Waals surface area contributed by atoms with E-state index in [0.717, 1.165) is 4.80 Å². The number of nitrogens with two attached hydrogens (primary N) is 1. The molecule has 1 unspecified atom stereocenters. The summed E-state index contributed by atoms with van der Waals surface area (Å²) in [7, 11) is 0. The van der Waals surface area contributed by atoms with Crippen molar-refractivity contribution < 1.29 is 14.6 Å². The Morgan fingerprint density at radius 1 is 1.30 bits per heavy atom. The van der Waals surface area contributed by atoms with Crippen LogP contribution < -0.4 is 5.73 Å². The van der Waals surface area contributed by atoms with Crippen LogP contribution in [0.5, 0.6) is 0 Å². The minimum Gasteiger partial charge on any atom is -0.443 e. The topological polar surface area (TPSA) is 189 Å². The molecule has 2 N–H and O–H groups in total. The lowest BCUT2D eigenvalue weighted by molar-refractivity contribution is -0.394. The molecule has 2 heterocycles. The van der Waals surface area contributed by atoms with E-state index in [2.05, 4.69) is 15.4 Å². The highest BCUT2D eigenvalue weighted by molar-refractivity contribution is 5.69. The highest BCUT2D eigenvalue weighted by Gasteiger charge is 2.39. The van der Waals surface area contributed by atoms with Crippen molar-refractivity contribution in [1.29, 1.82) is 5.26 Å². The molecule has 0 radical (unpaired) electrons. The molecule has 0 saturated carbocycles. The molecule has 1 aromatic heterocycles. The van der Waals surface area contributed by atoms with Gasteiger partial charge in [-0.15, -0.1) is 0 Å². The van der Waals surface area contributed by atoms with Crippen molar-refractivity contribution >= 4 is 17.3 Å². The molecule has 0 aliphatic carbocycles. The van der Waals surface area contributed by atoms with Crippen LogP contribution in [0.1, 0.15) is 18.4 Å². The Labute approximate surface area is 150 Å². The predicted octanol–water partition coefficient (Wildman–Crippen LogP) is 1.19. The lowest BCUT2D eigenvalue weighted by atomic mass is 9.86. The summed E-state index contributed by atoms with van der Waals surface area (Å²) in [6.45, 7) is 1.47. The molecule has 1 aliphatic heterocycles. The van der Waals surface area contributed by atoms with Gasteiger partial charge in [0.05, 0.1) is 26.3 Å². The number of ether oxygens (including phenoxy) is 1. The fraction of sp³-hybridized carbons (Fsp3) is 0.143. The number of nitro benzene ring substituents is 1. The Hall–Kier alpha value is -4.34.